The van der Waals surface area contributed by atoms with Crippen LogP contribution in [0.3, 0.4) is 0 Å². The Labute approximate surface area is 42.8 Å². The van der Waals surface area contributed by atoms with Crippen LogP contribution >= 0.6 is 0 Å². The van der Waals surface area contributed by atoms with Gasteiger partial charge in [0.15, 0.2) is 0 Å². The van der Waals surface area contributed by atoms with Gasteiger partial charge in [0.05, 0.1) is 13.3 Å². The van der Waals surface area contributed by atoms with E-state index < -0.39 is 0 Å². The number of rotatable bonds is 1. The van der Waals surface area contributed by atoms with E-state index in [1.165, 1.54) is 0 Å². The molecule has 1 fully saturated rings. The maximum atomic E-state index is 5.29. The van der Waals surface area contributed by atoms with E-state index in [1.807, 2.05) is 0 Å². The van der Waals surface area contributed by atoms with Crippen LogP contribution in [-0.4, -0.2) is 25.9 Å². The molecule has 0 bridgehead atoms. The molecular formula is C4H10N2O. The lowest BCUT2D eigenvalue weighted by molar-refractivity contribution is 0.190. The highest BCUT2D eigenvalue weighted by atomic mass is 16.5. The number of nitrogens with two attached hydrogens (primary N) is 1. The van der Waals surface area contributed by atoms with E-state index in [1.54, 1.807) is 0 Å². The highest BCUT2D eigenvalue weighted by molar-refractivity contribution is 4.68. The standard InChI is InChI=1S/C4H10N2O/c5-1-4-2-7-3-6-4/h4,6H,1-3,5H2. The lowest BCUT2D eigenvalue weighted by atomic mass is 10.3. The van der Waals surface area contributed by atoms with Crippen molar-refractivity contribution in [2.75, 3.05) is 19.9 Å². The number of hydrogen-bond donors (Lipinski definition) is 2. The van der Waals surface area contributed by atoms with Crippen LogP contribution in [-0.2, 0) is 4.74 Å². The lowest BCUT2D eigenvalue weighted by Gasteiger charge is -1.99. The maximum absolute atomic E-state index is 5.29. The van der Waals surface area contributed by atoms with Crippen molar-refractivity contribution in [2.24, 2.45) is 5.73 Å². The zero-order chi connectivity index (χ0) is 5.11. The molecule has 0 saturated carbocycles. The van der Waals surface area contributed by atoms with Crippen molar-refractivity contribution in [1.29, 1.82) is 0 Å². The van der Waals surface area contributed by atoms with E-state index in [0.29, 0.717) is 19.3 Å². The second kappa shape index (κ2) is 2.26. The van der Waals surface area contributed by atoms with Crippen molar-refractivity contribution in [3.63, 3.8) is 0 Å². The zero-order valence-corrected chi connectivity index (χ0v) is 4.18. The molecule has 1 unspecified atom stereocenters. The van der Waals surface area contributed by atoms with Crippen molar-refractivity contribution < 1.29 is 4.74 Å². The molecule has 0 amide bonds. The molecule has 0 radical (unpaired) electrons. The summed E-state index contributed by atoms with van der Waals surface area (Å²) >= 11 is 0. The van der Waals surface area contributed by atoms with Crippen molar-refractivity contribution in [3.05, 3.63) is 0 Å². The van der Waals surface area contributed by atoms with E-state index in [9.17, 15) is 0 Å². The van der Waals surface area contributed by atoms with Crippen molar-refractivity contribution in [1.82, 2.24) is 5.32 Å². The Morgan fingerprint density at radius 3 is 3.00 bits per heavy atom. The molecule has 1 aliphatic rings. The Bertz CT molecular complexity index is 51.7. The van der Waals surface area contributed by atoms with E-state index >= 15 is 0 Å². The van der Waals surface area contributed by atoms with Crippen LogP contribution in [0.5, 0.6) is 0 Å². The zero-order valence-electron chi connectivity index (χ0n) is 4.18. The molecule has 1 atom stereocenters. The Morgan fingerprint density at radius 2 is 2.71 bits per heavy atom. The molecule has 3 nitrogen and oxygen atoms in total. The van der Waals surface area contributed by atoms with Crippen molar-refractivity contribution in [3.8, 4) is 0 Å². The van der Waals surface area contributed by atoms with Crippen molar-refractivity contribution in [2.45, 2.75) is 6.04 Å². The lowest BCUT2D eigenvalue weighted by Crippen LogP contribution is -2.31. The summed E-state index contributed by atoms with van der Waals surface area (Å²) in [5.74, 6) is 0. The smallest absolute Gasteiger partial charge is 0.0969 e. The fourth-order valence-electron chi connectivity index (χ4n) is 0.588. The Balaban J connectivity index is 2.14. The van der Waals surface area contributed by atoms with Gasteiger partial charge in [0.2, 0.25) is 0 Å². The van der Waals surface area contributed by atoms with Gasteiger partial charge in [-0.1, -0.05) is 0 Å². The molecule has 7 heavy (non-hydrogen) atoms. The van der Waals surface area contributed by atoms with Gasteiger partial charge in [0.1, 0.15) is 0 Å². The first-order valence-electron chi connectivity index (χ1n) is 2.44. The highest BCUT2D eigenvalue weighted by Crippen LogP contribution is 1.89. The molecule has 3 heteroatoms. The largest absolute Gasteiger partial charge is 0.365 e. The number of hydrogen-bond acceptors (Lipinski definition) is 3. The predicted octanol–water partition coefficient (Wildman–Crippen LogP) is -1.11. The van der Waals surface area contributed by atoms with Gasteiger partial charge in [-0.2, -0.15) is 0 Å². The molecule has 1 saturated heterocycles. The molecule has 42 valence electrons. The summed E-state index contributed by atoms with van der Waals surface area (Å²) in [5, 5.41) is 3.06. The van der Waals surface area contributed by atoms with Gasteiger partial charge in [0, 0.05) is 12.6 Å². The molecule has 1 rings (SSSR count). The second-order valence-electron chi connectivity index (χ2n) is 1.65. The molecule has 0 spiro atoms. The monoisotopic (exact) mass is 102 g/mol. The van der Waals surface area contributed by atoms with E-state index in [0.717, 1.165) is 6.61 Å². The quantitative estimate of drug-likeness (QED) is 0.441. The third-order valence-corrected chi connectivity index (χ3v) is 1.08. The van der Waals surface area contributed by atoms with Crippen LogP contribution in [0.1, 0.15) is 0 Å². The average molecular weight is 102 g/mol. The summed E-state index contributed by atoms with van der Waals surface area (Å²) in [6.07, 6.45) is 0. The molecule has 3 N–H and O–H groups in total. The van der Waals surface area contributed by atoms with E-state index in [-0.39, 0.29) is 0 Å². The normalized spacial score (nSPS) is 31.3. The second-order valence-corrected chi connectivity index (χ2v) is 1.65. The number of ether oxygens (including phenoxy) is 1. The summed E-state index contributed by atoms with van der Waals surface area (Å²) in [6.45, 7) is 2.12. The maximum Gasteiger partial charge on any atom is 0.0969 e. The minimum Gasteiger partial charge on any atom is -0.365 e. The minimum atomic E-state index is 0.403. The van der Waals surface area contributed by atoms with Gasteiger partial charge in [-0.3, -0.25) is 5.32 Å². The Morgan fingerprint density at radius 1 is 1.86 bits per heavy atom. The first kappa shape index (κ1) is 5.03. The minimum absolute atomic E-state index is 0.403. The van der Waals surface area contributed by atoms with Gasteiger partial charge in [0.25, 0.3) is 0 Å². The predicted molar refractivity (Wildman–Crippen MR) is 26.8 cm³/mol. The van der Waals surface area contributed by atoms with Crippen molar-refractivity contribution >= 4 is 0 Å². The van der Waals surface area contributed by atoms with Gasteiger partial charge >= 0.3 is 0 Å². The van der Waals surface area contributed by atoms with Crippen LogP contribution in [0.25, 0.3) is 0 Å². The molecule has 0 aromatic rings. The molecule has 1 aliphatic heterocycles. The van der Waals surface area contributed by atoms with Gasteiger partial charge < -0.3 is 10.5 Å². The fraction of sp³-hybridized carbons (Fsp3) is 1.00. The summed E-state index contributed by atoms with van der Waals surface area (Å²) in [4.78, 5) is 0. The molecule has 0 aromatic carbocycles. The highest BCUT2D eigenvalue weighted by Gasteiger charge is 2.10. The molecule has 1 heterocycles. The van der Waals surface area contributed by atoms with Gasteiger partial charge in [-0.05, 0) is 0 Å². The van der Waals surface area contributed by atoms with E-state index in [2.05, 4.69) is 5.32 Å². The van der Waals surface area contributed by atoms with Gasteiger partial charge in [-0.25, -0.2) is 0 Å². The van der Waals surface area contributed by atoms with E-state index in [4.69, 9.17) is 10.5 Å². The third-order valence-electron chi connectivity index (χ3n) is 1.08. The molecule has 0 aliphatic carbocycles. The SMILES string of the molecule is NCC1COCN1. The average Bonchev–Trinajstić information content (AvgIpc) is 2.14. The van der Waals surface area contributed by atoms with Crippen LogP contribution in [0, 0.1) is 0 Å². The third kappa shape index (κ3) is 1.12. The number of nitrogens with one attached hydrogen (secondary N) is 1. The first-order valence-corrected chi connectivity index (χ1v) is 2.44. The van der Waals surface area contributed by atoms with Crippen LogP contribution < -0.4 is 11.1 Å². The summed E-state index contributed by atoms with van der Waals surface area (Å²) in [6, 6.07) is 0.403. The van der Waals surface area contributed by atoms with Gasteiger partial charge in [-0.15, -0.1) is 0 Å². The summed E-state index contributed by atoms with van der Waals surface area (Å²) in [5.41, 5.74) is 5.29. The Kier molecular flexibility index (Phi) is 1.62. The summed E-state index contributed by atoms with van der Waals surface area (Å²) < 4.78 is 4.96. The van der Waals surface area contributed by atoms with Crippen LogP contribution in [0.2, 0.25) is 0 Å². The molecule has 0 aromatic heterocycles. The topological polar surface area (TPSA) is 47.3 Å². The summed E-state index contributed by atoms with van der Waals surface area (Å²) in [7, 11) is 0. The van der Waals surface area contributed by atoms with Crippen LogP contribution in [0.15, 0.2) is 0 Å². The fourth-order valence-corrected chi connectivity index (χ4v) is 0.588. The molecular weight excluding hydrogens is 92.1 g/mol. The Hall–Kier alpha value is -0.120. The first-order chi connectivity index (χ1) is 3.43. The van der Waals surface area contributed by atoms with Crippen LogP contribution in [0.4, 0.5) is 0 Å².